The molecule has 0 spiro atoms. The number of pyridine rings is 1. The van der Waals surface area contributed by atoms with Crippen molar-refractivity contribution >= 4 is 5.91 Å². The number of hydrogen-bond donors (Lipinski definition) is 2. The number of amides is 1. The number of nitrogens with zero attached hydrogens (tertiary/aromatic N) is 1. The van der Waals surface area contributed by atoms with Gasteiger partial charge in [-0.25, -0.2) is 4.98 Å². The number of rotatable bonds is 8. The van der Waals surface area contributed by atoms with E-state index in [4.69, 9.17) is 15.2 Å². The predicted octanol–water partition coefficient (Wildman–Crippen LogP) is 0.185. The summed E-state index contributed by atoms with van der Waals surface area (Å²) in [6.45, 7) is 2.19. The van der Waals surface area contributed by atoms with Crippen LogP contribution in [0.15, 0.2) is 18.3 Å². The van der Waals surface area contributed by atoms with Crippen LogP contribution < -0.4 is 15.8 Å². The number of aromatic nitrogens is 1. The Bertz CT molecular complexity index is 371. The molecule has 1 aromatic heterocycles. The van der Waals surface area contributed by atoms with Crippen LogP contribution in [-0.2, 0) is 4.74 Å². The highest BCUT2D eigenvalue weighted by atomic mass is 16.5. The minimum absolute atomic E-state index is 0.196. The molecule has 0 atom stereocenters. The Morgan fingerprint density at radius 3 is 3.06 bits per heavy atom. The third-order valence-corrected chi connectivity index (χ3v) is 2.22. The van der Waals surface area contributed by atoms with Crippen LogP contribution in [0.5, 0.6) is 5.88 Å². The first kappa shape index (κ1) is 14.4. The van der Waals surface area contributed by atoms with E-state index in [-0.39, 0.29) is 5.91 Å². The van der Waals surface area contributed by atoms with E-state index in [0.717, 1.165) is 6.42 Å². The van der Waals surface area contributed by atoms with Crippen molar-refractivity contribution < 1.29 is 14.3 Å². The molecule has 1 rings (SSSR count). The van der Waals surface area contributed by atoms with Crippen LogP contribution in [0.4, 0.5) is 0 Å². The first-order valence-corrected chi connectivity index (χ1v) is 5.84. The molecule has 0 bridgehead atoms. The van der Waals surface area contributed by atoms with Gasteiger partial charge in [-0.1, -0.05) is 0 Å². The normalized spacial score (nSPS) is 10.1. The highest BCUT2D eigenvalue weighted by Gasteiger charge is 2.11. The largest absolute Gasteiger partial charge is 0.480 e. The summed E-state index contributed by atoms with van der Waals surface area (Å²) in [6.07, 6.45) is 2.32. The zero-order valence-corrected chi connectivity index (χ0v) is 10.5. The van der Waals surface area contributed by atoms with Gasteiger partial charge in [0.2, 0.25) is 5.88 Å². The molecule has 6 nitrogen and oxygen atoms in total. The van der Waals surface area contributed by atoms with Crippen molar-refractivity contribution in [3.8, 4) is 5.88 Å². The monoisotopic (exact) mass is 253 g/mol. The number of carbonyl (C=O) groups is 1. The molecule has 0 unspecified atom stereocenters. The molecule has 6 heteroatoms. The average Bonchev–Trinajstić information content (AvgIpc) is 2.42. The molecular formula is C12H19N3O3. The summed E-state index contributed by atoms with van der Waals surface area (Å²) in [5, 5.41) is 2.78. The Balaban J connectivity index is 2.32. The Labute approximate surface area is 106 Å². The molecule has 3 N–H and O–H groups in total. The summed E-state index contributed by atoms with van der Waals surface area (Å²) < 4.78 is 10.2. The van der Waals surface area contributed by atoms with Gasteiger partial charge in [0.1, 0.15) is 5.56 Å². The molecule has 0 saturated heterocycles. The highest BCUT2D eigenvalue weighted by molar-refractivity contribution is 5.96. The van der Waals surface area contributed by atoms with Crippen molar-refractivity contribution in [2.45, 2.75) is 6.42 Å². The van der Waals surface area contributed by atoms with Crippen molar-refractivity contribution in [1.29, 1.82) is 0 Å². The number of hydrogen-bond acceptors (Lipinski definition) is 5. The third-order valence-electron chi connectivity index (χ3n) is 2.22. The number of ether oxygens (including phenoxy) is 2. The number of methoxy groups -OCH3 is 1. The van der Waals surface area contributed by atoms with Crippen LogP contribution in [0.2, 0.25) is 0 Å². The molecule has 1 aromatic rings. The summed E-state index contributed by atoms with van der Waals surface area (Å²) in [7, 11) is 1.49. The van der Waals surface area contributed by atoms with Crippen LogP contribution in [0.3, 0.4) is 0 Å². The SMILES string of the molecule is COc1ncccc1C(=O)NCCCOCCN. The van der Waals surface area contributed by atoms with Crippen molar-refractivity contribution in [2.24, 2.45) is 5.73 Å². The maximum absolute atomic E-state index is 11.8. The summed E-state index contributed by atoms with van der Waals surface area (Å²) in [4.78, 5) is 15.8. The van der Waals surface area contributed by atoms with Crippen LogP contribution in [0.25, 0.3) is 0 Å². The average molecular weight is 253 g/mol. The summed E-state index contributed by atoms with van der Waals surface area (Å²) in [6, 6.07) is 3.37. The van der Waals surface area contributed by atoms with E-state index in [1.807, 2.05) is 0 Å². The molecule has 0 radical (unpaired) electrons. The van der Waals surface area contributed by atoms with Crippen molar-refractivity contribution in [3.05, 3.63) is 23.9 Å². The van der Waals surface area contributed by atoms with Crippen molar-refractivity contribution in [1.82, 2.24) is 10.3 Å². The first-order chi connectivity index (χ1) is 8.79. The highest BCUT2D eigenvalue weighted by Crippen LogP contribution is 2.12. The fourth-order valence-corrected chi connectivity index (χ4v) is 1.38. The van der Waals surface area contributed by atoms with Gasteiger partial charge in [0.25, 0.3) is 5.91 Å². The molecule has 100 valence electrons. The van der Waals surface area contributed by atoms with Gasteiger partial charge in [0.15, 0.2) is 0 Å². The lowest BCUT2D eigenvalue weighted by Crippen LogP contribution is -2.26. The predicted molar refractivity (Wildman–Crippen MR) is 67.6 cm³/mol. The summed E-state index contributed by atoms with van der Waals surface area (Å²) >= 11 is 0. The second-order valence-electron chi connectivity index (χ2n) is 3.57. The van der Waals surface area contributed by atoms with Crippen LogP contribution in [0.1, 0.15) is 16.8 Å². The molecule has 0 aliphatic rings. The van der Waals surface area contributed by atoms with E-state index in [2.05, 4.69) is 10.3 Å². The topological polar surface area (TPSA) is 86.5 Å². The van der Waals surface area contributed by atoms with Gasteiger partial charge in [-0.05, 0) is 18.6 Å². The molecule has 0 fully saturated rings. The number of nitrogens with two attached hydrogens (primary N) is 1. The minimum atomic E-state index is -0.196. The van der Waals surface area contributed by atoms with E-state index in [1.54, 1.807) is 18.3 Å². The van der Waals surface area contributed by atoms with Gasteiger partial charge in [-0.15, -0.1) is 0 Å². The lowest BCUT2D eigenvalue weighted by Gasteiger charge is -2.08. The van der Waals surface area contributed by atoms with Crippen LogP contribution >= 0.6 is 0 Å². The van der Waals surface area contributed by atoms with E-state index in [9.17, 15) is 4.79 Å². The number of nitrogens with one attached hydrogen (secondary N) is 1. The molecule has 18 heavy (non-hydrogen) atoms. The van der Waals surface area contributed by atoms with Crippen LogP contribution in [0, 0.1) is 0 Å². The minimum Gasteiger partial charge on any atom is -0.480 e. The quantitative estimate of drug-likeness (QED) is 0.646. The van der Waals surface area contributed by atoms with Gasteiger partial charge >= 0.3 is 0 Å². The second-order valence-corrected chi connectivity index (χ2v) is 3.57. The van der Waals surface area contributed by atoms with E-state index in [1.165, 1.54) is 7.11 Å². The number of carbonyl (C=O) groups excluding carboxylic acids is 1. The molecule has 0 aliphatic heterocycles. The fraction of sp³-hybridized carbons (Fsp3) is 0.500. The van der Waals surface area contributed by atoms with Gasteiger partial charge in [-0.2, -0.15) is 0 Å². The maximum atomic E-state index is 11.8. The maximum Gasteiger partial charge on any atom is 0.256 e. The zero-order chi connectivity index (χ0) is 13.2. The Morgan fingerprint density at radius 1 is 1.50 bits per heavy atom. The lowest BCUT2D eigenvalue weighted by molar-refractivity contribution is 0.0939. The summed E-state index contributed by atoms with van der Waals surface area (Å²) in [5.41, 5.74) is 5.72. The molecule has 0 aromatic carbocycles. The molecule has 1 heterocycles. The summed E-state index contributed by atoms with van der Waals surface area (Å²) in [5.74, 6) is 0.133. The molecular weight excluding hydrogens is 234 g/mol. The zero-order valence-electron chi connectivity index (χ0n) is 10.5. The van der Waals surface area contributed by atoms with Gasteiger partial charge in [0.05, 0.1) is 13.7 Å². The Morgan fingerprint density at radius 2 is 2.33 bits per heavy atom. The van der Waals surface area contributed by atoms with Gasteiger partial charge < -0.3 is 20.5 Å². The van der Waals surface area contributed by atoms with Crippen molar-refractivity contribution in [2.75, 3.05) is 33.4 Å². The van der Waals surface area contributed by atoms with Gasteiger partial charge in [0, 0.05) is 25.9 Å². The molecule has 0 aliphatic carbocycles. The van der Waals surface area contributed by atoms with E-state index in [0.29, 0.717) is 37.7 Å². The Kier molecular flexibility index (Phi) is 6.75. The molecule has 1 amide bonds. The smallest absolute Gasteiger partial charge is 0.256 e. The lowest BCUT2D eigenvalue weighted by atomic mass is 10.2. The molecule has 0 saturated carbocycles. The van der Waals surface area contributed by atoms with E-state index < -0.39 is 0 Å². The second kappa shape index (κ2) is 8.43. The Hall–Kier alpha value is -1.66. The van der Waals surface area contributed by atoms with E-state index >= 15 is 0 Å². The standard InChI is InChI=1S/C12H19N3O3/c1-17-12-10(4-2-6-15-12)11(16)14-7-3-8-18-9-5-13/h2,4,6H,3,5,7-9,13H2,1H3,(H,14,16). The van der Waals surface area contributed by atoms with Crippen molar-refractivity contribution in [3.63, 3.8) is 0 Å². The first-order valence-electron chi connectivity index (χ1n) is 5.84. The van der Waals surface area contributed by atoms with Gasteiger partial charge in [-0.3, -0.25) is 4.79 Å². The van der Waals surface area contributed by atoms with Crippen LogP contribution in [-0.4, -0.2) is 44.3 Å². The fourth-order valence-electron chi connectivity index (χ4n) is 1.38. The third kappa shape index (κ3) is 4.68.